The van der Waals surface area contributed by atoms with Crippen LogP contribution in [0.2, 0.25) is 0 Å². The lowest BCUT2D eigenvalue weighted by Gasteiger charge is -2.06. The molecule has 1 aromatic carbocycles. The van der Waals surface area contributed by atoms with Crippen molar-refractivity contribution in [1.82, 2.24) is 4.98 Å². The predicted octanol–water partition coefficient (Wildman–Crippen LogP) is 5.45. The van der Waals surface area contributed by atoms with Crippen molar-refractivity contribution >= 4 is 33.7 Å². The normalized spacial score (nSPS) is 11.1. The number of halogens is 2. The molecule has 0 spiro atoms. The third kappa shape index (κ3) is 4.11. The molecule has 2 aromatic heterocycles. The molecule has 0 saturated carbocycles. The van der Waals surface area contributed by atoms with E-state index in [1.54, 1.807) is 6.20 Å². The maximum atomic E-state index is 13.7. The summed E-state index contributed by atoms with van der Waals surface area (Å²) in [6, 6.07) is 5.47. The summed E-state index contributed by atoms with van der Waals surface area (Å²) in [6.45, 7) is 4.08. The number of amides is 1. The number of benzene rings is 1. The van der Waals surface area contributed by atoms with Crippen molar-refractivity contribution in [3.05, 3.63) is 68.4 Å². The Kier molecular flexibility index (Phi) is 5.24. The maximum absolute atomic E-state index is 13.7. The summed E-state index contributed by atoms with van der Waals surface area (Å²) >= 11 is 2.68. The molecule has 130 valence electrons. The minimum Gasteiger partial charge on any atom is -0.297 e. The van der Waals surface area contributed by atoms with Gasteiger partial charge in [0.25, 0.3) is 5.91 Å². The highest BCUT2D eigenvalue weighted by Crippen LogP contribution is 2.27. The number of carbonyl (C=O) groups excluding carboxylic acids is 1. The van der Waals surface area contributed by atoms with Crippen LogP contribution in [0.25, 0.3) is 0 Å². The van der Waals surface area contributed by atoms with E-state index in [1.807, 2.05) is 25.3 Å². The summed E-state index contributed by atoms with van der Waals surface area (Å²) in [4.78, 5) is 18.1. The summed E-state index contributed by atoms with van der Waals surface area (Å²) < 4.78 is 26.7. The lowest BCUT2D eigenvalue weighted by Crippen LogP contribution is -2.12. The molecule has 2 heterocycles. The summed E-state index contributed by atoms with van der Waals surface area (Å²) in [5.74, 6) is -1.11. The van der Waals surface area contributed by atoms with Gasteiger partial charge >= 0.3 is 0 Å². The number of thiophene rings is 1. The predicted molar refractivity (Wildman–Crippen MR) is 97.6 cm³/mol. The van der Waals surface area contributed by atoms with Crippen LogP contribution in [-0.2, 0) is 6.42 Å². The van der Waals surface area contributed by atoms with Crippen molar-refractivity contribution in [2.45, 2.75) is 26.2 Å². The van der Waals surface area contributed by atoms with Gasteiger partial charge < -0.3 is 0 Å². The van der Waals surface area contributed by atoms with Gasteiger partial charge in [-0.15, -0.1) is 22.7 Å². The largest absolute Gasteiger partial charge is 0.297 e. The second-order valence-corrected chi connectivity index (χ2v) is 7.89. The van der Waals surface area contributed by atoms with E-state index in [2.05, 4.69) is 10.3 Å². The van der Waals surface area contributed by atoms with Crippen LogP contribution >= 0.6 is 22.7 Å². The topological polar surface area (TPSA) is 42.0 Å². The molecule has 0 bridgehead atoms. The highest BCUT2D eigenvalue weighted by molar-refractivity contribution is 7.16. The van der Waals surface area contributed by atoms with E-state index in [9.17, 15) is 13.6 Å². The first-order chi connectivity index (χ1) is 11.9. The fourth-order valence-corrected chi connectivity index (χ4v) is 4.19. The fraction of sp³-hybridized carbons (Fsp3) is 0.222. The highest BCUT2D eigenvalue weighted by atomic mass is 32.1. The summed E-state index contributed by atoms with van der Waals surface area (Å²) in [5.41, 5.74) is 1.40. The number of nitrogens with zero attached hydrogens (tertiary/aromatic N) is 1. The zero-order valence-corrected chi connectivity index (χ0v) is 15.3. The number of nitrogens with one attached hydrogen (secondary N) is 1. The van der Waals surface area contributed by atoms with Gasteiger partial charge in [0.1, 0.15) is 11.6 Å². The summed E-state index contributed by atoms with van der Waals surface area (Å²) in [5, 5.41) is 5.16. The Hall–Kier alpha value is -2.12. The zero-order chi connectivity index (χ0) is 18.0. The molecule has 0 aliphatic carbocycles. The quantitative estimate of drug-likeness (QED) is 0.641. The Labute approximate surface area is 152 Å². The third-order valence-corrected chi connectivity index (χ3v) is 5.52. The molecular weight excluding hydrogens is 362 g/mol. The van der Waals surface area contributed by atoms with Gasteiger partial charge in [-0.25, -0.2) is 13.8 Å². The highest BCUT2D eigenvalue weighted by Gasteiger charge is 2.17. The number of hydrogen-bond donors (Lipinski definition) is 1. The number of aromatic nitrogens is 1. The Balaban J connectivity index is 1.71. The van der Waals surface area contributed by atoms with Crippen LogP contribution < -0.4 is 5.32 Å². The number of rotatable bonds is 5. The minimum absolute atomic E-state index is 0.187. The monoisotopic (exact) mass is 378 g/mol. The van der Waals surface area contributed by atoms with Gasteiger partial charge in [0.05, 0.1) is 4.88 Å². The van der Waals surface area contributed by atoms with Gasteiger partial charge in [0.2, 0.25) is 0 Å². The van der Waals surface area contributed by atoms with Crippen LogP contribution in [0.5, 0.6) is 0 Å². The van der Waals surface area contributed by atoms with E-state index in [1.165, 1.54) is 34.8 Å². The number of anilines is 1. The van der Waals surface area contributed by atoms with E-state index in [4.69, 9.17) is 0 Å². The molecule has 1 N–H and O–H groups in total. The molecule has 0 radical (unpaired) electrons. The molecule has 25 heavy (non-hydrogen) atoms. The van der Waals surface area contributed by atoms with Gasteiger partial charge in [-0.05, 0) is 34.6 Å². The molecule has 3 nitrogen and oxygen atoms in total. The molecule has 0 aliphatic heterocycles. The van der Waals surface area contributed by atoms with Crippen LogP contribution in [-0.4, -0.2) is 10.9 Å². The molecule has 3 rings (SSSR count). The summed E-state index contributed by atoms with van der Waals surface area (Å²) in [6.07, 6.45) is 1.90. The molecule has 3 aromatic rings. The molecule has 7 heteroatoms. The lowest BCUT2D eigenvalue weighted by atomic mass is 10.0. The first-order valence-corrected chi connectivity index (χ1v) is 9.41. The maximum Gasteiger partial charge on any atom is 0.267 e. The van der Waals surface area contributed by atoms with Crippen molar-refractivity contribution in [3.8, 4) is 0 Å². The van der Waals surface area contributed by atoms with Crippen molar-refractivity contribution in [3.63, 3.8) is 0 Å². The van der Waals surface area contributed by atoms with Gasteiger partial charge in [-0.3, -0.25) is 10.1 Å². The van der Waals surface area contributed by atoms with Crippen molar-refractivity contribution in [2.24, 2.45) is 0 Å². The van der Waals surface area contributed by atoms with E-state index >= 15 is 0 Å². The standard InChI is InChI=1S/C18H16F2N2OS2/c1-10(2)14-5-6-24-16(14)17(23)22-18-21-9-13(25-18)7-11-3-4-12(19)8-15(11)20/h3-6,8-10H,7H2,1-2H3,(H,21,22,23). The van der Waals surface area contributed by atoms with Crippen molar-refractivity contribution < 1.29 is 13.6 Å². The Morgan fingerprint density at radius 2 is 2.08 bits per heavy atom. The molecular formula is C18H16F2N2OS2. The molecule has 1 amide bonds. The first kappa shape index (κ1) is 17.7. The molecule has 0 aliphatic rings. The van der Waals surface area contributed by atoms with Gasteiger partial charge in [0, 0.05) is 23.6 Å². The Morgan fingerprint density at radius 1 is 1.28 bits per heavy atom. The number of carbonyl (C=O) groups is 1. The second-order valence-electron chi connectivity index (χ2n) is 5.86. The van der Waals surface area contributed by atoms with Crippen LogP contribution in [0.15, 0.2) is 35.8 Å². The SMILES string of the molecule is CC(C)c1ccsc1C(=O)Nc1ncc(Cc2ccc(F)cc2F)s1. The van der Waals surface area contributed by atoms with Crippen LogP contribution in [0, 0.1) is 11.6 Å². The van der Waals surface area contributed by atoms with Crippen molar-refractivity contribution in [2.75, 3.05) is 5.32 Å². The van der Waals surface area contributed by atoms with Crippen LogP contribution in [0.3, 0.4) is 0 Å². The number of hydrogen-bond acceptors (Lipinski definition) is 4. The summed E-state index contributed by atoms with van der Waals surface area (Å²) in [7, 11) is 0. The third-order valence-electron chi connectivity index (χ3n) is 3.68. The van der Waals surface area contributed by atoms with Crippen LogP contribution in [0.1, 0.15) is 45.4 Å². The minimum atomic E-state index is -0.601. The van der Waals surface area contributed by atoms with E-state index in [0.29, 0.717) is 22.0 Å². The van der Waals surface area contributed by atoms with E-state index in [-0.39, 0.29) is 11.8 Å². The Morgan fingerprint density at radius 3 is 2.80 bits per heavy atom. The molecule has 0 atom stereocenters. The average Bonchev–Trinajstić information content (AvgIpc) is 3.19. The number of thiazole rings is 1. The molecule has 0 fully saturated rings. The zero-order valence-electron chi connectivity index (χ0n) is 13.7. The van der Waals surface area contributed by atoms with Gasteiger partial charge in [-0.2, -0.15) is 0 Å². The van der Waals surface area contributed by atoms with E-state index < -0.39 is 11.6 Å². The van der Waals surface area contributed by atoms with Gasteiger partial charge in [0.15, 0.2) is 5.13 Å². The lowest BCUT2D eigenvalue weighted by molar-refractivity contribution is 0.102. The Bertz CT molecular complexity index is 902. The second kappa shape index (κ2) is 7.41. The first-order valence-electron chi connectivity index (χ1n) is 7.71. The molecule has 0 saturated heterocycles. The fourth-order valence-electron chi connectivity index (χ4n) is 2.41. The van der Waals surface area contributed by atoms with Crippen molar-refractivity contribution in [1.29, 1.82) is 0 Å². The van der Waals surface area contributed by atoms with Gasteiger partial charge in [-0.1, -0.05) is 19.9 Å². The van der Waals surface area contributed by atoms with E-state index in [0.717, 1.165) is 16.5 Å². The van der Waals surface area contributed by atoms with Crippen LogP contribution in [0.4, 0.5) is 13.9 Å². The smallest absolute Gasteiger partial charge is 0.267 e. The molecule has 0 unspecified atom stereocenters. The average molecular weight is 378 g/mol.